The summed E-state index contributed by atoms with van der Waals surface area (Å²) in [6, 6.07) is 15.8. The van der Waals surface area contributed by atoms with Gasteiger partial charge in [0.05, 0.1) is 13.1 Å². The summed E-state index contributed by atoms with van der Waals surface area (Å²) in [6.07, 6.45) is 2.04. The van der Waals surface area contributed by atoms with Crippen LogP contribution in [0.3, 0.4) is 0 Å². The average molecular weight is 612 g/mol. The molecule has 0 unspecified atom stereocenters. The molecule has 44 heavy (non-hydrogen) atoms. The molecule has 2 aromatic heterocycles. The fourth-order valence-corrected chi connectivity index (χ4v) is 4.64. The summed E-state index contributed by atoms with van der Waals surface area (Å²) in [7, 11) is 0. The van der Waals surface area contributed by atoms with Crippen LogP contribution in [0.5, 0.6) is 5.75 Å². The summed E-state index contributed by atoms with van der Waals surface area (Å²) in [4.78, 5) is 5.21. The Balaban J connectivity index is 1.22. The Labute approximate surface area is 248 Å². The molecule has 0 amide bonds. The van der Waals surface area contributed by atoms with Crippen LogP contribution in [0.25, 0.3) is 17.5 Å². The van der Waals surface area contributed by atoms with Crippen molar-refractivity contribution in [2.24, 2.45) is 5.92 Å². The van der Waals surface area contributed by atoms with Gasteiger partial charge in [-0.3, -0.25) is 0 Å². The van der Waals surface area contributed by atoms with Crippen molar-refractivity contribution in [3.05, 3.63) is 114 Å². The Hall–Kier alpha value is -4.98. The number of rotatable bonds is 11. The lowest BCUT2D eigenvalue weighted by molar-refractivity contribution is -0.274. The van der Waals surface area contributed by atoms with Crippen molar-refractivity contribution < 1.29 is 31.8 Å². The van der Waals surface area contributed by atoms with Crippen molar-refractivity contribution in [2.45, 2.75) is 38.4 Å². The Morgan fingerprint density at radius 1 is 1.00 bits per heavy atom. The number of hydrogen-bond acceptors (Lipinski definition) is 7. The zero-order chi connectivity index (χ0) is 31.3. The average Bonchev–Trinajstić information content (AvgIpc) is 3.66. The molecule has 0 saturated carbocycles. The van der Waals surface area contributed by atoms with E-state index in [0.717, 1.165) is 17.7 Å². The SMILES string of the molecule is C[C@@H](C/C=C/c1ccc(-c2nnn(Cc3ccc(OC(F)(F)F)cc3)n2)cc1)[C@](O)(Cn1cncn1)c1ccc(F)cc1F. The first-order chi connectivity index (χ1) is 21.0. The first-order valence-corrected chi connectivity index (χ1v) is 13.4. The Bertz CT molecular complexity index is 1710. The molecular formula is C30H26F5N7O2. The second-order valence-electron chi connectivity index (χ2n) is 10.1. The van der Waals surface area contributed by atoms with Gasteiger partial charge in [-0.25, -0.2) is 18.4 Å². The molecule has 2 atom stereocenters. The van der Waals surface area contributed by atoms with E-state index in [9.17, 15) is 27.1 Å². The van der Waals surface area contributed by atoms with Gasteiger partial charge in [-0.1, -0.05) is 61.5 Å². The van der Waals surface area contributed by atoms with Crippen LogP contribution in [0.2, 0.25) is 0 Å². The van der Waals surface area contributed by atoms with Gasteiger partial charge in [0.15, 0.2) is 0 Å². The largest absolute Gasteiger partial charge is 0.573 e. The molecule has 228 valence electrons. The Morgan fingerprint density at radius 3 is 2.41 bits per heavy atom. The van der Waals surface area contributed by atoms with E-state index in [0.29, 0.717) is 23.4 Å². The summed E-state index contributed by atoms with van der Waals surface area (Å²) < 4.78 is 70.7. The summed E-state index contributed by atoms with van der Waals surface area (Å²) in [6.45, 7) is 1.89. The van der Waals surface area contributed by atoms with Crippen LogP contribution in [0, 0.1) is 17.6 Å². The van der Waals surface area contributed by atoms with E-state index >= 15 is 0 Å². The van der Waals surface area contributed by atoms with Gasteiger partial charge in [0.2, 0.25) is 5.82 Å². The van der Waals surface area contributed by atoms with Crippen molar-refractivity contribution in [1.82, 2.24) is 35.0 Å². The number of ether oxygens (including phenoxy) is 1. The molecule has 9 nitrogen and oxygen atoms in total. The highest BCUT2D eigenvalue weighted by molar-refractivity contribution is 5.59. The summed E-state index contributed by atoms with van der Waals surface area (Å²) >= 11 is 0. The fraction of sp³-hybridized carbons (Fsp3) is 0.233. The van der Waals surface area contributed by atoms with Crippen LogP contribution in [0.15, 0.2) is 85.5 Å². The third kappa shape index (κ3) is 7.50. The fourth-order valence-electron chi connectivity index (χ4n) is 4.64. The quantitative estimate of drug-likeness (QED) is 0.189. The van der Waals surface area contributed by atoms with Gasteiger partial charge >= 0.3 is 6.36 Å². The topological polar surface area (TPSA) is 104 Å². The van der Waals surface area contributed by atoms with Crippen LogP contribution in [0.1, 0.15) is 30.0 Å². The molecule has 14 heteroatoms. The first-order valence-electron chi connectivity index (χ1n) is 13.4. The molecule has 0 bridgehead atoms. The standard InChI is InChI=1S/C30H26F5N7O2/c1-20(29(43,17-41-19-36-18-37-41)26-14-11-24(31)15-27(26)32)3-2-4-21-5-9-23(10-6-21)28-38-40-42(39-28)16-22-7-12-25(13-8-22)44-30(33,34)35/h2,4-15,18-20,43H,3,16-17H2,1H3/b4-2+/t20-,29+/m0/s1. The molecule has 0 spiro atoms. The second-order valence-corrected chi connectivity index (χ2v) is 10.1. The molecule has 0 radical (unpaired) electrons. The maximum Gasteiger partial charge on any atom is 0.573 e. The van der Waals surface area contributed by atoms with Crippen molar-refractivity contribution >= 4 is 6.08 Å². The van der Waals surface area contributed by atoms with Crippen molar-refractivity contribution in [3.63, 3.8) is 0 Å². The van der Waals surface area contributed by atoms with Crippen molar-refractivity contribution in [2.75, 3.05) is 0 Å². The van der Waals surface area contributed by atoms with Crippen LogP contribution in [0.4, 0.5) is 22.0 Å². The van der Waals surface area contributed by atoms with Crippen LogP contribution in [-0.4, -0.2) is 46.4 Å². The van der Waals surface area contributed by atoms with Crippen LogP contribution in [-0.2, 0) is 18.7 Å². The summed E-state index contributed by atoms with van der Waals surface area (Å²) in [5.74, 6) is -2.03. The number of aliphatic hydroxyl groups is 1. The predicted molar refractivity (Wildman–Crippen MR) is 149 cm³/mol. The monoisotopic (exact) mass is 611 g/mol. The third-order valence-electron chi connectivity index (χ3n) is 6.99. The molecule has 1 N–H and O–H groups in total. The molecule has 5 aromatic rings. The minimum absolute atomic E-state index is 0.0346. The van der Waals surface area contributed by atoms with Gasteiger partial charge in [0.1, 0.15) is 35.6 Å². The van der Waals surface area contributed by atoms with E-state index in [1.54, 1.807) is 6.92 Å². The molecule has 0 aliphatic carbocycles. The van der Waals surface area contributed by atoms with Gasteiger partial charge in [-0.2, -0.15) is 9.90 Å². The highest BCUT2D eigenvalue weighted by Gasteiger charge is 2.38. The summed E-state index contributed by atoms with van der Waals surface area (Å²) in [5, 5.41) is 28.1. The zero-order valence-electron chi connectivity index (χ0n) is 23.2. The molecule has 3 aromatic carbocycles. The number of tetrazole rings is 1. The van der Waals surface area contributed by atoms with E-state index in [4.69, 9.17) is 0 Å². The Morgan fingerprint density at radius 2 is 1.75 bits per heavy atom. The molecule has 0 fully saturated rings. The van der Waals surface area contributed by atoms with Gasteiger partial charge in [-0.05, 0) is 46.9 Å². The lowest BCUT2D eigenvalue weighted by Gasteiger charge is -2.34. The van der Waals surface area contributed by atoms with Gasteiger partial charge in [0.25, 0.3) is 0 Å². The molecular weight excluding hydrogens is 585 g/mol. The number of allylic oxidation sites excluding steroid dienone is 1. The predicted octanol–water partition coefficient (Wildman–Crippen LogP) is 5.78. The van der Waals surface area contributed by atoms with Gasteiger partial charge in [0, 0.05) is 17.2 Å². The highest BCUT2D eigenvalue weighted by Crippen LogP contribution is 2.36. The normalized spacial score (nSPS) is 14.1. The minimum Gasteiger partial charge on any atom is -0.406 e. The number of benzene rings is 3. The van der Waals surface area contributed by atoms with Crippen LogP contribution >= 0.6 is 0 Å². The molecule has 5 rings (SSSR count). The maximum atomic E-state index is 14.8. The van der Waals surface area contributed by atoms with E-state index in [2.05, 4.69) is 30.2 Å². The number of hydrogen-bond donors (Lipinski definition) is 1. The van der Waals surface area contributed by atoms with E-state index in [-0.39, 0.29) is 24.4 Å². The number of halogens is 5. The zero-order valence-corrected chi connectivity index (χ0v) is 23.2. The molecule has 2 heterocycles. The van der Waals surface area contributed by atoms with E-state index in [1.165, 1.54) is 52.5 Å². The van der Waals surface area contributed by atoms with Gasteiger partial charge in [-0.15, -0.1) is 23.4 Å². The number of nitrogens with zero attached hydrogens (tertiary/aromatic N) is 7. The molecule has 0 saturated heterocycles. The van der Waals surface area contributed by atoms with E-state index < -0.39 is 29.5 Å². The lowest BCUT2D eigenvalue weighted by atomic mass is 9.80. The summed E-state index contributed by atoms with van der Waals surface area (Å²) in [5.41, 5.74) is 0.476. The maximum absolute atomic E-state index is 14.8. The third-order valence-corrected chi connectivity index (χ3v) is 6.99. The second kappa shape index (κ2) is 12.7. The van der Waals surface area contributed by atoms with E-state index in [1.807, 2.05) is 36.4 Å². The van der Waals surface area contributed by atoms with Gasteiger partial charge < -0.3 is 9.84 Å². The van der Waals surface area contributed by atoms with Crippen molar-refractivity contribution in [3.8, 4) is 17.1 Å². The smallest absolute Gasteiger partial charge is 0.406 e. The first kappa shape index (κ1) is 30.5. The number of aromatic nitrogens is 7. The van der Waals surface area contributed by atoms with Crippen LogP contribution < -0.4 is 4.74 Å². The highest BCUT2D eigenvalue weighted by atomic mass is 19.4. The molecule has 0 aliphatic heterocycles. The minimum atomic E-state index is -4.76. The Kier molecular flexibility index (Phi) is 8.81. The molecule has 0 aliphatic rings. The van der Waals surface area contributed by atoms with Crippen molar-refractivity contribution in [1.29, 1.82) is 0 Å². The number of alkyl halides is 3. The lowest BCUT2D eigenvalue weighted by Crippen LogP contribution is -2.39.